The van der Waals surface area contributed by atoms with Crippen molar-refractivity contribution in [2.24, 2.45) is 0 Å². The topological polar surface area (TPSA) is 229 Å². The van der Waals surface area contributed by atoms with Crippen LogP contribution in [0.25, 0.3) is 0 Å². The van der Waals surface area contributed by atoms with Crippen LogP contribution in [0.3, 0.4) is 0 Å². The summed E-state index contributed by atoms with van der Waals surface area (Å²) in [6.45, 7) is 3.59. The van der Waals surface area contributed by atoms with Gasteiger partial charge in [-0.3, -0.25) is 0 Å². The molecule has 0 bridgehead atoms. The van der Waals surface area contributed by atoms with E-state index in [2.05, 4.69) is 0 Å². The molecule has 0 aliphatic rings. The van der Waals surface area contributed by atoms with E-state index in [9.17, 15) is 51.9 Å². The summed E-state index contributed by atoms with van der Waals surface area (Å²) in [5.41, 5.74) is -0.867. The molecule has 4 rings (SSSR count). The van der Waals surface area contributed by atoms with E-state index >= 15 is 0 Å². The number of benzene rings is 4. The maximum atomic E-state index is 11.9. The normalized spacial score (nSPS) is 13.2. The largest absolute Gasteiger partial charge is 1.00 e. The van der Waals surface area contributed by atoms with Gasteiger partial charge in [0.1, 0.15) is 40.5 Å². The fourth-order valence-electron chi connectivity index (χ4n) is 5.18. The van der Waals surface area contributed by atoms with Crippen molar-refractivity contribution < 1.29 is 170 Å². The Labute approximate surface area is 390 Å². The predicted molar refractivity (Wildman–Crippen MR) is 174 cm³/mol. The number of hydrogen-bond acceptors (Lipinski definition) is 12. The molecule has 0 aliphatic carbocycles. The second-order valence-electron chi connectivity index (χ2n) is 10.5. The van der Waals surface area contributed by atoms with Crippen molar-refractivity contribution in [3.63, 3.8) is 0 Å². The first-order valence-corrected chi connectivity index (χ1v) is 21.9. The molecule has 0 saturated carbocycles. The molecule has 0 heterocycles. The fourth-order valence-corrected chi connectivity index (χ4v) is 13.5. The zero-order chi connectivity index (χ0) is 34.9. The first kappa shape index (κ1) is 52.4. The van der Waals surface area contributed by atoms with Crippen LogP contribution in [0.1, 0.15) is 20.3 Å². The molecular weight excluding hydrogens is 822 g/mol. The fraction of sp³-hybridized carbons (Fsp3) is 0.172. The summed E-state index contributed by atoms with van der Waals surface area (Å²) in [6.07, 6.45) is 0.267. The molecule has 4 aromatic rings. The van der Waals surface area contributed by atoms with Gasteiger partial charge < -0.3 is 18.2 Å². The van der Waals surface area contributed by atoms with Crippen molar-refractivity contribution in [1.82, 2.24) is 0 Å². The zero-order valence-corrected chi connectivity index (χ0v) is 41.6. The Morgan fingerprint density at radius 1 is 0.431 bits per heavy atom. The summed E-state index contributed by atoms with van der Waals surface area (Å²) in [6, 6.07) is 21.1. The minimum absolute atomic E-state index is 0. The average Bonchev–Trinajstić information content (AvgIpc) is 2.96. The Morgan fingerprint density at radius 2 is 0.627 bits per heavy atom. The van der Waals surface area contributed by atoms with Gasteiger partial charge in [-0.05, 0) is 103 Å². The average molecular weight is 849 g/mol. The number of rotatable bonds is 12. The summed E-state index contributed by atoms with van der Waals surface area (Å²) in [4.78, 5) is -2.04. The minimum Gasteiger partial charge on any atom is -0.744 e. The Hall–Kier alpha value is 1.38. The van der Waals surface area contributed by atoms with E-state index in [1.54, 1.807) is 38.1 Å². The van der Waals surface area contributed by atoms with Crippen LogP contribution in [-0.2, 0) is 40.5 Å². The molecule has 252 valence electrons. The standard InChI is InChI=1S/C29H30O12P2S4.4Na/c1-20(42(22-7-3-11-26(16-22)44(30,31)32)23-8-4-12-27(17-23)45(33,34)35)15-21(2)43(24-9-5-13-28(18-24)46(36,37)38)25-10-6-14-29(19-25)47(39,40)41;;;;/h3-14,16-21H,15H2,1-2H3,(H,30,31,32)(H,33,34,35)(H,36,37,38)(H,39,40,41);;;;/q;4*+1/p-4/t20-,21-;;;;/m0..../s1. The molecule has 22 heteroatoms. The molecular formula is C29H26Na4O12P2S4. The van der Waals surface area contributed by atoms with Crippen LogP contribution >= 0.6 is 15.8 Å². The van der Waals surface area contributed by atoms with Crippen molar-refractivity contribution in [3.8, 4) is 0 Å². The van der Waals surface area contributed by atoms with Crippen molar-refractivity contribution in [3.05, 3.63) is 97.1 Å². The minimum atomic E-state index is -4.87. The van der Waals surface area contributed by atoms with Crippen molar-refractivity contribution in [2.45, 2.75) is 51.2 Å². The second-order valence-corrected chi connectivity index (χ2v) is 21.3. The Morgan fingerprint density at radius 3 is 0.804 bits per heavy atom. The van der Waals surface area contributed by atoms with E-state index < -0.39 is 87.2 Å². The van der Waals surface area contributed by atoms with Crippen LogP contribution in [0.5, 0.6) is 0 Å². The van der Waals surface area contributed by atoms with Crippen molar-refractivity contribution in [1.29, 1.82) is 0 Å². The maximum absolute atomic E-state index is 11.9. The van der Waals surface area contributed by atoms with Gasteiger partial charge in [0.15, 0.2) is 0 Å². The molecule has 51 heavy (non-hydrogen) atoms. The van der Waals surface area contributed by atoms with E-state index in [4.69, 9.17) is 0 Å². The van der Waals surface area contributed by atoms with Gasteiger partial charge in [0, 0.05) is 0 Å². The SMILES string of the molecule is C[C@@H](C[C@H](C)P(c1cccc(S(=O)(=O)[O-])c1)c1cccc(S(=O)(=O)[O-])c1)P(c1cccc(S(=O)(=O)[O-])c1)c1cccc(S(=O)(=O)[O-])c1.[Na+].[Na+].[Na+].[Na+]. The van der Waals surface area contributed by atoms with Gasteiger partial charge in [0.25, 0.3) is 0 Å². The van der Waals surface area contributed by atoms with Crippen LogP contribution in [0.15, 0.2) is 117 Å². The third-order valence-corrected chi connectivity index (χ3v) is 15.9. The quantitative estimate of drug-likeness (QED) is 0.0736. The second kappa shape index (κ2) is 21.2. The van der Waals surface area contributed by atoms with Crippen LogP contribution in [0, 0.1) is 0 Å². The molecule has 0 amide bonds. The van der Waals surface area contributed by atoms with Crippen LogP contribution in [0.4, 0.5) is 0 Å². The molecule has 0 unspecified atom stereocenters. The summed E-state index contributed by atoms with van der Waals surface area (Å²) in [5.74, 6) is 0. The summed E-state index contributed by atoms with van der Waals surface area (Å²) >= 11 is 0. The summed E-state index contributed by atoms with van der Waals surface area (Å²) in [7, 11) is -22.8. The van der Waals surface area contributed by atoms with E-state index in [-0.39, 0.29) is 125 Å². The van der Waals surface area contributed by atoms with Gasteiger partial charge in [0.2, 0.25) is 0 Å². The van der Waals surface area contributed by atoms with Gasteiger partial charge in [-0.1, -0.05) is 62.4 Å². The third kappa shape index (κ3) is 14.4. The van der Waals surface area contributed by atoms with Gasteiger partial charge in [-0.25, -0.2) is 33.7 Å². The molecule has 0 radical (unpaired) electrons. The first-order valence-electron chi connectivity index (χ1n) is 13.5. The summed E-state index contributed by atoms with van der Waals surface area (Å²) in [5, 5.41) is 1.56. The van der Waals surface area contributed by atoms with Crippen LogP contribution in [-0.4, -0.2) is 63.2 Å². The maximum Gasteiger partial charge on any atom is 1.00 e. The van der Waals surface area contributed by atoms with E-state index in [0.29, 0.717) is 21.2 Å². The molecule has 4 aromatic carbocycles. The Balaban J connectivity index is 0.00000625. The predicted octanol–water partition coefficient (Wildman–Crippen LogP) is -9.95. The molecule has 12 nitrogen and oxygen atoms in total. The summed E-state index contributed by atoms with van der Waals surface area (Å²) < 4.78 is 143. The first-order chi connectivity index (χ1) is 21.7. The van der Waals surface area contributed by atoms with Crippen molar-refractivity contribution >= 4 is 77.5 Å². The smallest absolute Gasteiger partial charge is 0.744 e. The molecule has 0 spiro atoms. The molecule has 2 atom stereocenters. The van der Waals surface area contributed by atoms with Gasteiger partial charge in [-0.15, -0.1) is 0 Å². The monoisotopic (exact) mass is 848 g/mol. The van der Waals surface area contributed by atoms with Gasteiger partial charge in [0.05, 0.1) is 19.6 Å². The zero-order valence-electron chi connectivity index (χ0n) is 28.5. The Bertz CT molecular complexity index is 1950. The van der Waals surface area contributed by atoms with Gasteiger partial charge >= 0.3 is 118 Å². The van der Waals surface area contributed by atoms with E-state index in [1.165, 1.54) is 48.5 Å². The van der Waals surface area contributed by atoms with Crippen LogP contribution < -0.4 is 139 Å². The van der Waals surface area contributed by atoms with Crippen molar-refractivity contribution in [2.75, 3.05) is 0 Å². The molecule has 0 fully saturated rings. The molecule has 0 aliphatic heterocycles. The molecule has 0 N–H and O–H groups in total. The van der Waals surface area contributed by atoms with Gasteiger partial charge in [-0.2, -0.15) is 0 Å². The number of hydrogen-bond donors (Lipinski definition) is 0. The Kier molecular flexibility index (Phi) is 21.8. The molecule has 0 saturated heterocycles. The van der Waals surface area contributed by atoms with E-state index in [1.807, 2.05) is 0 Å². The third-order valence-electron chi connectivity index (χ3n) is 7.10. The molecule has 0 aromatic heterocycles. The van der Waals surface area contributed by atoms with E-state index in [0.717, 1.165) is 24.3 Å². The van der Waals surface area contributed by atoms with Crippen LogP contribution in [0.2, 0.25) is 0 Å².